The largest absolute Gasteiger partial charge is 0.309 e. The summed E-state index contributed by atoms with van der Waals surface area (Å²) < 4.78 is 13.2. The van der Waals surface area contributed by atoms with Crippen LogP contribution in [0.4, 0.5) is 4.39 Å². The highest BCUT2D eigenvalue weighted by molar-refractivity contribution is 5.33. The van der Waals surface area contributed by atoms with Crippen molar-refractivity contribution in [2.45, 2.75) is 39.2 Å². The van der Waals surface area contributed by atoms with Gasteiger partial charge >= 0.3 is 0 Å². The normalized spacial score (nSPS) is 13.2. The molecule has 0 saturated carbocycles. The third-order valence-electron chi connectivity index (χ3n) is 4.09. The Hall–Kier alpha value is -1.67. The standard InChI is InChI=1S/C19H24FN/c1-5-21-18(15-8-6-7-14(2)13-15)19(3,4)16-9-11-17(20)12-10-16/h6-13,18,21H,5H2,1-4H3. The van der Waals surface area contributed by atoms with Crippen LogP contribution in [0.1, 0.15) is 43.5 Å². The molecule has 0 amide bonds. The molecule has 0 fully saturated rings. The zero-order chi connectivity index (χ0) is 15.5. The van der Waals surface area contributed by atoms with E-state index in [9.17, 15) is 4.39 Å². The van der Waals surface area contributed by atoms with Crippen LogP contribution in [-0.4, -0.2) is 6.54 Å². The quantitative estimate of drug-likeness (QED) is 0.835. The second-order valence-electron chi connectivity index (χ2n) is 6.13. The highest BCUT2D eigenvalue weighted by Gasteiger charge is 2.32. The van der Waals surface area contributed by atoms with E-state index in [2.05, 4.69) is 57.3 Å². The van der Waals surface area contributed by atoms with Crippen molar-refractivity contribution in [1.82, 2.24) is 5.32 Å². The fourth-order valence-electron chi connectivity index (χ4n) is 2.89. The minimum Gasteiger partial charge on any atom is -0.309 e. The number of rotatable bonds is 5. The van der Waals surface area contributed by atoms with Crippen molar-refractivity contribution < 1.29 is 4.39 Å². The van der Waals surface area contributed by atoms with Crippen molar-refractivity contribution in [2.75, 3.05) is 6.54 Å². The molecule has 1 atom stereocenters. The van der Waals surface area contributed by atoms with Crippen LogP contribution in [0.15, 0.2) is 48.5 Å². The lowest BCUT2D eigenvalue weighted by Crippen LogP contribution is -2.37. The second kappa shape index (κ2) is 6.40. The molecular weight excluding hydrogens is 261 g/mol. The van der Waals surface area contributed by atoms with Crippen LogP contribution in [0.2, 0.25) is 0 Å². The summed E-state index contributed by atoms with van der Waals surface area (Å²) in [7, 11) is 0. The Morgan fingerprint density at radius 1 is 1.10 bits per heavy atom. The summed E-state index contributed by atoms with van der Waals surface area (Å²) in [4.78, 5) is 0. The van der Waals surface area contributed by atoms with E-state index in [0.29, 0.717) is 0 Å². The topological polar surface area (TPSA) is 12.0 Å². The van der Waals surface area contributed by atoms with E-state index in [1.54, 1.807) is 0 Å². The Kier molecular flexibility index (Phi) is 4.79. The Bertz CT molecular complexity index is 587. The first kappa shape index (κ1) is 15.7. The van der Waals surface area contributed by atoms with Crippen LogP contribution in [0, 0.1) is 12.7 Å². The third kappa shape index (κ3) is 3.51. The van der Waals surface area contributed by atoms with Crippen molar-refractivity contribution in [2.24, 2.45) is 0 Å². The van der Waals surface area contributed by atoms with E-state index in [0.717, 1.165) is 12.1 Å². The van der Waals surface area contributed by atoms with Crippen LogP contribution in [0.3, 0.4) is 0 Å². The van der Waals surface area contributed by atoms with Gasteiger partial charge in [-0.1, -0.05) is 62.7 Å². The molecule has 0 bridgehead atoms. The first-order valence-corrected chi connectivity index (χ1v) is 7.51. The van der Waals surface area contributed by atoms with Gasteiger partial charge in [0.2, 0.25) is 0 Å². The summed E-state index contributed by atoms with van der Waals surface area (Å²) in [6.07, 6.45) is 0. The molecule has 2 aromatic rings. The number of likely N-dealkylation sites (N-methyl/N-ethyl adjacent to an activating group) is 1. The Morgan fingerprint density at radius 2 is 1.76 bits per heavy atom. The molecule has 0 aromatic heterocycles. The smallest absolute Gasteiger partial charge is 0.123 e. The predicted molar refractivity (Wildman–Crippen MR) is 87.0 cm³/mol. The molecule has 0 aliphatic carbocycles. The van der Waals surface area contributed by atoms with E-state index in [-0.39, 0.29) is 17.3 Å². The van der Waals surface area contributed by atoms with Gasteiger partial charge < -0.3 is 5.32 Å². The molecule has 0 aliphatic rings. The van der Waals surface area contributed by atoms with Gasteiger partial charge in [-0.3, -0.25) is 0 Å². The van der Waals surface area contributed by atoms with Gasteiger partial charge in [-0.25, -0.2) is 4.39 Å². The van der Waals surface area contributed by atoms with Crippen LogP contribution in [-0.2, 0) is 5.41 Å². The summed E-state index contributed by atoms with van der Waals surface area (Å²) in [6, 6.07) is 15.6. The van der Waals surface area contributed by atoms with E-state index in [1.807, 2.05) is 12.1 Å². The maximum absolute atomic E-state index is 13.2. The highest BCUT2D eigenvalue weighted by Crippen LogP contribution is 2.37. The number of hydrogen-bond donors (Lipinski definition) is 1. The fourth-order valence-corrected chi connectivity index (χ4v) is 2.89. The number of benzene rings is 2. The molecule has 2 aromatic carbocycles. The van der Waals surface area contributed by atoms with E-state index < -0.39 is 0 Å². The molecule has 1 nitrogen and oxygen atoms in total. The Morgan fingerprint density at radius 3 is 2.33 bits per heavy atom. The number of aryl methyl sites for hydroxylation is 1. The summed E-state index contributed by atoms with van der Waals surface area (Å²) in [5.74, 6) is -0.190. The first-order valence-electron chi connectivity index (χ1n) is 7.51. The number of hydrogen-bond acceptors (Lipinski definition) is 1. The van der Waals surface area contributed by atoms with Crippen molar-refractivity contribution >= 4 is 0 Å². The van der Waals surface area contributed by atoms with Gasteiger partial charge in [0.1, 0.15) is 5.82 Å². The molecule has 2 rings (SSSR count). The molecule has 0 heterocycles. The molecule has 0 saturated heterocycles. The van der Waals surface area contributed by atoms with Crippen molar-refractivity contribution in [1.29, 1.82) is 0 Å². The van der Waals surface area contributed by atoms with Gasteiger partial charge in [0.05, 0.1) is 0 Å². The average Bonchev–Trinajstić information content (AvgIpc) is 2.45. The van der Waals surface area contributed by atoms with Crippen LogP contribution in [0.5, 0.6) is 0 Å². The van der Waals surface area contributed by atoms with Crippen molar-refractivity contribution in [3.63, 3.8) is 0 Å². The lowest BCUT2D eigenvalue weighted by molar-refractivity contribution is 0.353. The van der Waals surface area contributed by atoms with Gasteiger partial charge in [0.15, 0.2) is 0 Å². The summed E-state index contributed by atoms with van der Waals surface area (Å²) >= 11 is 0. The second-order valence-corrected chi connectivity index (χ2v) is 6.13. The summed E-state index contributed by atoms with van der Waals surface area (Å²) in [6.45, 7) is 9.52. The van der Waals surface area contributed by atoms with Gasteiger partial charge in [-0.05, 0) is 36.7 Å². The van der Waals surface area contributed by atoms with E-state index in [4.69, 9.17) is 0 Å². The fraction of sp³-hybridized carbons (Fsp3) is 0.368. The molecule has 0 aliphatic heterocycles. The minimum absolute atomic E-state index is 0.127. The van der Waals surface area contributed by atoms with E-state index in [1.165, 1.54) is 23.3 Å². The zero-order valence-electron chi connectivity index (χ0n) is 13.3. The minimum atomic E-state index is -0.190. The van der Waals surface area contributed by atoms with Gasteiger partial charge in [0.25, 0.3) is 0 Å². The third-order valence-corrected chi connectivity index (χ3v) is 4.09. The Labute approximate surface area is 127 Å². The summed E-state index contributed by atoms with van der Waals surface area (Å²) in [5, 5.41) is 3.59. The molecule has 1 unspecified atom stereocenters. The van der Waals surface area contributed by atoms with Crippen LogP contribution >= 0.6 is 0 Å². The van der Waals surface area contributed by atoms with Crippen molar-refractivity contribution in [3.8, 4) is 0 Å². The maximum atomic E-state index is 13.2. The SMILES string of the molecule is CCNC(c1cccc(C)c1)C(C)(C)c1ccc(F)cc1. The number of nitrogens with one attached hydrogen (secondary N) is 1. The monoisotopic (exact) mass is 285 g/mol. The highest BCUT2D eigenvalue weighted by atomic mass is 19.1. The molecule has 21 heavy (non-hydrogen) atoms. The molecule has 0 radical (unpaired) electrons. The predicted octanol–water partition coefficient (Wildman–Crippen LogP) is 4.76. The maximum Gasteiger partial charge on any atom is 0.123 e. The van der Waals surface area contributed by atoms with Gasteiger partial charge in [-0.15, -0.1) is 0 Å². The number of halogens is 1. The average molecular weight is 285 g/mol. The van der Waals surface area contributed by atoms with E-state index >= 15 is 0 Å². The first-order chi connectivity index (χ1) is 9.95. The molecule has 2 heteroatoms. The lowest BCUT2D eigenvalue weighted by atomic mass is 9.74. The van der Waals surface area contributed by atoms with Crippen molar-refractivity contribution in [3.05, 3.63) is 71.0 Å². The van der Waals surface area contributed by atoms with Crippen LogP contribution < -0.4 is 5.32 Å². The molecule has 1 N–H and O–H groups in total. The zero-order valence-corrected chi connectivity index (χ0v) is 13.3. The lowest BCUT2D eigenvalue weighted by Gasteiger charge is -2.36. The molecular formula is C19H24FN. The molecule has 0 spiro atoms. The van der Waals surface area contributed by atoms with Gasteiger partial charge in [-0.2, -0.15) is 0 Å². The Balaban J connectivity index is 2.42. The molecule has 112 valence electrons. The summed E-state index contributed by atoms with van der Waals surface area (Å²) in [5.41, 5.74) is 3.53. The van der Waals surface area contributed by atoms with Gasteiger partial charge in [0, 0.05) is 11.5 Å². The van der Waals surface area contributed by atoms with Crippen LogP contribution in [0.25, 0.3) is 0 Å².